The number of hydrogen-bond acceptors (Lipinski definition) is 3. The van der Waals surface area contributed by atoms with E-state index in [1.165, 1.54) is 40.2 Å². The number of halogens is 1. The molecule has 1 rings (SSSR count). The first-order valence-corrected chi connectivity index (χ1v) is 5.46. The topological polar surface area (TPSA) is 55.8 Å². The normalized spacial score (nSPS) is 11.2. The van der Waals surface area contributed by atoms with E-state index in [2.05, 4.69) is 0 Å². The molecule has 0 aliphatic heterocycles. The van der Waals surface area contributed by atoms with E-state index in [0.717, 1.165) is 0 Å². The van der Waals surface area contributed by atoms with Crippen LogP contribution in [-0.2, 0) is 11.2 Å². The third-order valence-electron chi connectivity index (χ3n) is 2.79. The largest absolute Gasteiger partial charge is 0.493 e. The number of ether oxygens (including phenoxy) is 2. The maximum Gasteiger partial charge on any atom is 0.309 e. The van der Waals surface area contributed by atoms with E-state index in [1.807, 2.05) is 0 Å². The van der Waals surface area contributed by atoms with E-state index < -0.39 is 17.2 Å². The Morgan fingerprint density at radius 2 is 1.94 bits per heavy atom. The van der Waals surface area contributed by atoms with Crippen LogP contribution in [-0.4, -0.2) is 25.3 Å². The predicted molar refractivity (Wildman–Crippen MR) is 64.6 cm³/mol. The Bertz CT molecular complexity index is 455. The average molecular weight is 256 g/mol. The molecule has 0 radical (unpaired) electrons. The zero-order valence-corrected chi connectivity index (χ0v) is 10.9. The molecule has 18 heavy (non-hydrogen) atoms. The van der Waals surface area contributed by atoms with Crippen LogP contribution in [0.4, 0.5) is 4.39 Å². The highest BCUT2D eigenvalue weighted by Gasteiger charge is 2.31. The van der Waals surface area contributed by atoms with Crippen LogP contribution >= 0.6 is 0 Å². The van der Waals surface area contributed by atoms with Gasteiger partial charge in [0.15, 0.2) is 11.5 Å². The van der Waals surface area contributed by atoms with Gasteiger partial charge in [-0.1, -0.05) is 0 Å². The number of carboxylic acid groups (broad SMARTS) is 1. The zero-order chi connectivity index (χ0) is 13.9. The number of hydrogen-bond donors (Lipinski definition) is 1. The second kappa shape index (κ2) is 5.25. The molecule has 0 saturated heterocycles. The van der Waals surface area contributed by atoms with Gasteiger partial charge in [0.2, 0.25) is 0 Å². The van der Waals surface area contributed by atoms with Crippen molar-refractivity contribution in [1.82, 2.24) is 0 Å². The number of carbonyl (C=O) groups is 1. The molecule has 0 atom stereocenters. The lowest BCUT2D eigenvalue weighted by atomic mass is 9.85. The molecule has 5 heteroatoms. The summed E-state index contributed by atoms with van der Waals surface area (Å²) in [6, 6.07) is 2.69. The molecular formula is C13H17FO4. The van der Waals surface area contributed by atoms with Crippen molar-refractivity contribution in [3.63, 3.8) is 0 Å². The molecule has 0 heterocycles. The molecule has 0 saturated carbocycles. The zero-order valence-electron chi connectivity index (χ0n) is 10.9. The first-order chi connectivity index (χ1) is 8.33. The molecule has 0 amide bonds. The summed E-state index contributed by atoms with van der Waals surface area (Å²) < 4.78 is 24.0. The highest BCUT2D eigenvalue weighted by atomic mass is 19.1. The summed E-state index contributed by atoms with van der Waals surface area (Å²) in [6.45, 7) is 3.07. The van der Waals surface area contributed by atoms with Gasteiger partial charge in [0.1, 0.15) is 5.82 Å². The number of methoxy groups -OCH3 is 2. The van der Waals surface area contributed by atoms with Gasteiger partial charge in [0.05, 0.1) is 19.6 Å². The Hall–Kier alpha value is -1.78. The van der Waals surface area contributed by atoms with Gasteiger partial charge in [-0.2, -0.15) is 0 Å². The number of carboxylic acids is 1. The van der Waals surface area contributed by atoms with E-state index in [-0.39, 0.29) is 17.7 Å². The molecule has 0 fully saturated rings. The average Bonchev–Trinajstić information content (AvgIpc) is 2.31. The minimum atomic E-state index is -1.08. The third kappa shape index (κ3) is 2.72. The fourth-order valence-corrected chi connectivity index (χ4v) is 1.65. The summed E-state index contributed by atoms with van der Waals surface area (Å²) in [5, 5.41) is 9.09. The highest BCUT2D eigenvalue weighted by Crippen LogP contribution is 2.36. The van der Waals surface area contributed by atoms with Crippen molar-refractivity contribution in [2.24, 2.45) is 5.41 Å². The van der Waals surface area contributed by atoms with Crippen LogP contribution in [0.15, 0.2) is 12.1 Å². The third-order valence-corrected chi connectivity index (χ3v) is 2.79. The van der Waals surface area contributed by atoms with Crippen LogP contribution in [0.1, 0.15) is 19.4 Å². The van der Waals surface area contributed by atoms with Gasteiger partial charge in [-0.25, -0.2) is 4.39 Å². The Balaban J connectivity index is 3.27. The minimum Gasteiger partial charge on any atom is -0.493 e. The SMILES string of the molecule is COc1ccc(F)c(CC(C)(C)C(=O)O)c1OC. The summed E-state index contributed by atoms with van der Waals surface area (Å²) in [5.41, 5.74) is -0.871. The molecule has 1 aromatic carbocycles. The smallest absolute Gasteiger partial charge is 0.309 e. The standard InChI is InChI=1S/C13H17FO4/c1-13(2,12(15)16)7-8-9(14)5-6-10(17-3)11(8)18-4/h5-6H,7H2,1-4H3,(H,15,16). The fraction of sp³-hybridized carbons (Fsp3) is 0.462. The van der Waals surface area contributed by atoms with Crippen LogP contribution in [0, 0.1) is 11.2 Å². The lowest BCUT2D eigenvalue weighted by Crippen LogP contribution is -2.27. The van der Waals surface area contributed by atoms with Crippen LogP contribution in [0.25, 0.3) is 0 Å². The van der Waals surface area contributed by atoms with Crippen molar-refractivity contribution < 1.29 is 23.8 Å². The van der Waals surface area contributed by atoms with Gasteiger partial charge < -0.3 is 14.6 Å². The molecule has 0 aromatic heterocycles. The van der Waals surface area contributed by atoms with E-state index in [1.54, 1.807) is 0 Å². The number of rotatable bonds is 5. The van der Waals surface area contributed by atoms with Crippen molar-refractivity contribution in [2.75, 3.05) is 14.2 Å². The van der Waals surface area contributed by atoms with Crippen molar-refractivity contribution in [3.8, 4) is 11.5 Å². The Morgan fingerprint density at radius 3 is 2.39 bits per heavy atom. The second-order valence-corrected chi connectivity index (χ2v) is 4.63. The van der Waals surface area contributed by atoms with Crippen LogP contribution in [0.5, 0.6) is 11.5 Å². The summed E-state index contributed by atoms with van der Waals surface area (Å²) in [4.78, 5) is 11.1. The molecule has 0 aliphatic rings. The summed E-state index contributed by atoms with van der Waals surface area (Å²) in [7, 11) is 2.84. The van der Waals surface area contributed by atoms with Gasteiger partial charge >= 0.3 is 5.97 Å². The van der Waals surface area contributed by atoms with Crippen LogP contribution in [0.2, 0.25) is 0 Å². The molecular weight excluding hydrogens is 239 g/mol. The summed E-state index contributed by atoms with van der Waals surface area (Å²) in [5.74, 6) is -0.865. The highest BCUT2D eigenvalue weighted by molar-refractivity contribution is 5.74. The van der Waals surface area contributed by atoms with Crippen molar-refractivity contribution in [3.05, 3.63) is 23.5 Å². The monoisotopic (exact) mass is 256 g/mol. The first kappa shape index (κ1) is 14.3. The predicted octanol–water partition coefficient (Wildman–Crippen LogP) is 2.50. The van der Waals surface area contributed by atoms with Crippen molar-refractivity contribution >= 4 is 5.97 Å². The molecule has 100 valence electrons. The van der Waals surface area contributed by atoms with E-state index in [4.69, 9.17) is 14.6 Å². The van der Waals surface area contributed by atoms with Gasteiger partial charge in [-0.05, 0) is 32.4 Å². The van der Waals surface area contributed by atoms with Gasteiger partial charge in [0.25, 0.3) is 0 Å². The lowest BCUT2D eigenvalue weighted by molar-refractivity contribution is -0.146. The van der Waals surface area contributed by atoms with Gasteiger partial charge in [0, 0.05) is 5.56 Å². The van der Waals surface area contributed by atoms with Crippen molar-refractivity contribution in [2.45, 2.75) is 20.3 Å². The summed E-state index contributed by atoms with van der Waals surface area (Å²) >= 11 is 0. The van der Waals surface area contributed by atoms with E-state index in [0.29, 0.717) is 5.75 Å². The quantitative estimate of drug-likeness (QED) is 0.879. The van der Waals surface area contributed by atoms with E-state index >= 15 is 0 Å². The molecule has 0 bridgehead atoms. The maximum absolute atomic E-state index is 13.8. The molecule has 4 nitrogen and oxygen atoms in total. The fourth-order valence-electron chi connectivity index (χ4n) is 1.65. The van der Waals surface area contributed by atoms with Gasteiger partial charge in [-0.3, -0.25) is 4.79 Å². The van der Waals surface area contributed by atoms with E-state index in [9.17, 15) is 9.18 Å². The summed E-state index contributed by atoms with van der Waals surface area (Å²) in [6.07, 6.45) is 0.0224. The van der Waals surface area contributed by atoms with Crippen molar-refractivity contribution in [1.29, 1.82) is 0 Å². The molecule has 0 spiro atoms. The molecule has 1 aromatic rings. The molecule has 0 unspecified atom stereocenters. The molecule has 1 N–H and O–H groups in total. The number of benzene rings is 1. The van der Waals surface area contributed by atoms with Gasteiger partial charge in [-0.15, -0.1) is 0 Å². The second-order valence-electron chi connectivity index (χ2n) is 4.63. The number of aliphatic carboxylic acids is 1. The Kier molecular flexibility index (Phi) is 4.16. The minimum absolute atomic E-state index is 0.0224. The Morgan fingerprint density at radius 1 is 1.33 bits per heavy atom. The van der Waals surface area contributed by atoms with Crippen LogP contribution in [0.3, 0.4) is 0 Å². The molecule has 0 aliphatic carbocycles. The maximum atomic E-state index is 13.8. The Labute approximate surface area is 105 Å². The van der Waals surface area contributed by atoms with Crippen LogP contribution < -0.4 is 9.47 Å². The first-order valence-electron chi connectivity index (χ1n) is 5.46. The lowest BCUT2D eigenvalue weighted by Gasteiger charge is -2.21.